The minimum Gasteiger partial charge on any atom is -0.336 e. The van der Waals surface area contributed by atoms with Crippen LogP contribution in [0, 0.1) is 0 Å². The highest BCUT2D eigenvalue weighted by Crippen LogP contribution is 1.98. The van der Waals surface area contributed by atoms with Crippen molar-refractivity contribution in [1.82, 2.24) is 10.6 Å². The van der Waals surface area contributed by atoms with Crippen LogP contribution in [-0.4, -0.2) is 18.0 Å². The van der Waals surface area contributed by atoms with Crippen molar-refractivity contribution in [3.63, 3.8) is 0 Å². The van der Waals surface area contributed by atoms with Crippen LogP contribution < -0.4 is 10.6 Å². The highest BCUT2D eigenvalue weighted by Gasteiger charge is 2.08. The number of carbonyl (C=O) groups is 2. The van der Waals surface area contributed by atoms with Crippen LogP contribution in [0.4, 0.5) is 4.79 Å². The van der Waals surface area contributed by atoms with Gasteiger partial charge in [0.25, 0.3) is 0 Å². The summed E-state index contributed by atoms with van der Waals surface area (Å²) in [6.07, 6.45) is 0.215. The molecule has 0 aliphatic rings. The monoisotopic (exact) mass is 220 g/mol. The van der Waals surface area contributed by atoms with Gasteiger partial charge in [-0.1, -0.05) is 30.3 Å². The second-order valence-corrected chi connectivity index (χ2v) is 3.84. The molecule has 0 spiro atoms. The second kappa shape index (κ2) is 5.90. The van der Waals surface area contributed by atoms with E-state index in [2.05, 4.69) is 10.6 Å². The molecule has 0 heterocycles. The van der Waals surface area contributed by atoms with Crippen molar-refractivity contribution in [2.24, 2.45) is 0 Å². The van der Waals surface area contributed by atoms with Gasteiger partial charge >= 0.3 is 6.03 Å². The Morgan fingerprint density at radius 1 is 1.19 bits per heavy atom. The summed E-state index contributed by atoms with van der Waals surface area (Å²) in [5.41, 5.74) is 0.886. The molecule has 2 N–H and O–H groups in total. The molecular weight excluding hydrogens is 204 g/mol. The average Bonchev–Trinajstić information content (AvgIpc) is 2.17. The van der Waals surface area contributed by atoms with Crippen molar-refractivity contribution >= 4 is 11.9 Å². The first-order chi connectivity index (χ1) is 7.58. The van der Waals surface area contributed by atoms with E-state index in [1.807, 2.05) is 44.2 Å². The van der Waals surface area contributed by atoms with E-state index in [-0.39, 0.29) is 18.4 Å². The Bertz CT molecular complexity index is 361. The summed E-state index contributed by atoms with van der Waals surface area (Å²) in [6.45, 7) is 3.67. The fraction of sp³-hybridized carbons (Fsp3) is 0.333. The maximum Gasteiger partial charge on any atom is 0.321 e. The van der Waals surface area contributed by atoms with E-state index in [0.717, 1.165) is 5.56 Å². The van der Waals surface area contributed by atoms with Crippen molar-refractivity contribution in [3.8, 4) is 0 Å². The van der Waals surface area contributed by atoms with Gasteiger partial charge in [-0.25, -0.2) is 4.79 Å². The third-order valence-corrected chi connectivity index (χ3v) is 1.88. The summed E-state index contributed by atoms with van der Waals surface area (Å²) in [6, 6.07) is 8.86. The fourth-order valence-corrected chi connectivity index (χ4v) is 1.25. The lowest BCUT2D eigenvalue weighted by molar-refractivity contribution is -0.119. The van der Waals surface area contributed by atoms with Crippen LogP contribution in [0.15, 0.2) is 30.3 Å². The minimum atomic E-state index is -0.448. The molecule has 0 bridgehead atoms. The molecule has 0 aliphatic heterocycles. The topological polar surface area (TPSA) is 58.2 Å². The highest BCUT2D eigenvalue weighted by atomic mass is 16.2. The summed E-state index contributed by atoms with van der Waals surface area (Å²) >= 11 is 0. The highest BCUT2D eigenvalue weighted by molar-refractivity contribution is 5.95. The number of rotatable bonds is 3. The number of hydrogen-bond donors (Lipinski definition) is 2. The largest absolute Gasteiger partial charge is 0.336 e. The van der Waals surface area contributed by atoms with E-state index < -0.39 is 6.03 Å². The Kier molecular flexibility index (Phi) is 4.51. The van der Waals surface area contributed by atoms with Gasteiger partial charge in [-0.15, -0.1) is 0 Å². The Hall–Kier alpha value is -1.84. The van der Waals surface area contributed by atoms with Gasteiger partial charge in [0, 0.05) is 6.04 Å². The zero-order valence-electron chi connectivity index (χ0n) is 9.49. The molecule has 0 fully saturated rings. The quantitative estimate of drug-likeness (QED) is 0.810. The molecule has 1 rings (SSSR count). The van der Waals surface area contributed by atoms with Crippen molar-refractivity contribution < 1.29 is 9.59 Å². The smallest absolute Gasteiger partial charge is 0.321 e. The van der Waals surface area contributed by atoms with Gasteiger partial charge in [-0.05, 0) is 19.4 Å². The normalized spacial score (nSPS) is 9.94. The lowest BCUT2D eigenvalue weighted by Gasteiger charge is -2.08. The molecule has 0 radical (unpaired) electrons. The first kappa shape index (κ1) is 12.2. The van der Waals surface area contributed by atoms with Gasteiger partial charge in [0.15, 0.2) is 0 Å². The average molecular weight is 220 g/mol. The molecule has 0 saturated carbocycles. The molecule has 0 saturated heterocycles. The van der Waals surface area contributed by atoms with Gasteiger partial charge < -0.3 is 5.32 Å². The molecule has 0 unspecified atom stereocenters. The summed E-state index contributed by atoms with van der Waals surface area (Å²) in [4.78, 5) is 22.6. The van der Waals surface area contributed by atoms with Crippen molar-refractivity contribution in [2.75, 3.05) is 0 Å². The van der Waals surface area contributed by atoms with Crippen LogP contribution in [0.1, 0.15) is 19.4 Å². The van der Waals surface area contributed by atoms with Gasteiger partial charge in [-0.2, -0.15) is 0 Å². The van der Waals surface area contributed by atoms with Crippen LogP contribution in [0.2, 0.25) is 0 Å². The van der Waals surface area contributed by atoms with E-state index in [0.29, 0.717) is 0 Å². The predicted octanol–water partition coefficient (Wildman–Crippen LogP) is 1.46. The van der Waals surface area contributed by atoms with Crippen molar-refractivity contribution in [1.29, 1.82) is 0 Å². The van der Waals surface area contributed by atoms with Crippen LogP contribution >= 0.6 is 0 Å². The molecule has 16 heavy (non-hydrogen) atoms. The molecule has 3 amide bonds. The molecule has 4 nitrogen and oxygen atoms in total. The number of imide groups is 1. The summed E-state index contributed by atoms with van der Waals surface area (Å²) < 4.78 is 0. The molecule has 1 aromatic carbocycles. The van der Waals surface area contributed by atoms with E-state index in [1.165, 1.54) is 0 Å². The summed E-state index contributed by atoms with van der Waals surface area (Å²) in [7, 11) is 0. The number of urea groups is 1. The molecular formula is C12H16N2O2. The Balaban J connectivity index is 2.39. The number of amides is 3. The second-order valence-electron chi connectivity index (χ2n) is 3.84. The lowest BCUT2D eigenvalue weighted by atomic mass is 10.1. The van der Waals surface area contributed by atoms with Crippen LogP contribution in [0.5, 0.6) is 0 Å². The molecule has 0 aromatic heterocycles. The van der Waals surface area contributed by atoms with Gasteiger partial charge in [0.2, 0.25) is 5.91 Å². The number of hydrogen-bond acceptors (Lipinski definition) is 2. The van der Waals surface area contributed by atoms with Crippen LogP contribution in [-0.2, 0) is 11.2 Å². The first-order valence-corrected chi connectivity index (χ1v) is 5.22. The standard InChI is InChI=1S/C12H16N2O2/c1-9(2)13-12(16)14-11(15)8-10-6-4-3-5-7-10/h3-7,9H,8H2,1-2H3,(H2,13,14,15,16). The summed E-state index contributed by atoms with van der Waals surface area (Å²) in [5, 5.41) is 4.86. The van der Waals surface area contributed by atoms with E-state index >= 15 is 0 Å². The third-order valence-electron chi connectivity index (χ3n) is 1.88. The number of nitrogens with one attached hydrogen (secondary N) is 2. The first-order valence-electron chi connectivity index (χ1n) is 5.22. The number of carbonyl (C=O) groups excluding carboxylic acids is 2. The number of benzene rings is 1. The molecule has 4 heteroatoms. The third kappa shape index (κ3) is 4.59. The Morgan fingerprint density at radius 2 is 1.81 bits per heavy atom. The summed E-state index contributed by atoms with van der Waals surface area (Å²) in [5.74, 6) is -0.302. The molecule has 1 aromatic rings. The lowest BCUT2D eigenvalue weighted by Crippen LogP contribution is -2.43. The fourth-order valence-electron chi connectivity index (χ4n) is 1.25. The Morgan fingerprint density at radius 3 is 2.38 bits per heavy atom. The van der Waals surface area contributed by atoms with E-state index in [1.54, 1.807) is 0 Å². The van der Waals surface area contributed by atoms with Crippen LogP contribution in [0.25, 0.3) is 0 Å². The van der Waals surface area contributed by atoms with E-state index in [9.17, 15) is 9.59 Å². The van der Waals surface area contributed by atoms with Gasteiger partial charge in [0.05, 0.1) is 6.42 Å². The zero-order valence-corrected chi connectivity index (χ0v) is 9.49. The minimum absolute atomic E-state index is 0.0181. The van der Waals surface area contributed by atoms with Crippen LogP contribution in [0.3, 0.4) is 0 Å². The molecule has 0 atom stereocenters. The SMILES string of the molecule is CC(C)NC(=O)NC(=O)Cc1ccccc1. The van der Waals surface area contributed by atoms with Crippen molar-refractivity contribution in [3.05, 3.63) is 35.9 Å². The van der Waals surface area contributed by atoms with Gasteiger partial charge in [-0.3, -0.25) is 10.1 Å². The predicted molar refractivity (Wildman–Crippen MR) is 62.0 cm³/mol. The molecule has 0 aliphatic carbocycles. The van der Waals surface area contributed by atoms with Gasteiger partial charge in [0.1, 0.15) is 0 Å². The van der Waals surface area contributed by atoms with E-state index in [4.69, 9.17) is 0 Å². The maximum absolute atomic E-state index is 11.4. The van der Waals surface area contributed by atoms with Crippen molar-refractivity contribution in [2.45, 2.75) is 26.3 Å². The zero-order chi connectivity index (χ0) is 12.0. The molecule has 86 valence electrons. The maximum atomic E-state index is 11.4. The Labute approximate surface area is 95.0 Å².